The maximum atomic E-state index is 11.5. The Hall–Kier alpha value is -1.35. The van der Waals surface area contributed by atoms with Gasteiger partial charge in [-0.05, 0) is 26.0 Å². The monoisotopic (exact) mass is 193 g/mol. The van der Waals surface area contributed by atoms with Crippen molar-refractivity contribution >= 4 is 5.97 Å². The first-order valence-corrected chi connectivity index (χ1v) is 4.80. The van der Waals surface area contributed by atoms with Gasteiger partial charge in [0.05, 0.1) is 5.56 Å². The van der Waals surface area contributed by atoms with Gasteiger partial charge < -0.3 is 4.84 Å². The van der Waals surface area contributed by atoms with Crippen LogP contribution in [0, 0.1) is 0 Å². The Morgan fingerprint density at radius 1 is 1.21 bits per heavy atom. The fourth-order valence-corrected chi connectivity index (χ4v) is 1.10. The molecule has 76 valence electrons. The standard InChI is InChI=1S/C11H15NO2/c1-3-12(4-2)14-11(13)10-8-6-5-7-9-10/h5-9H,3-4H2,1-2H3. The van der Waals surface area contributed by atoms with Crippen LogP contribution in [0.1, 0.15) is 24.2 Å². The van der Waals surface area contributed by atoms with E-state index in [0.29, 0.717) is 18.7 Å². The number of nitrogens with zero attached hydrogens (tertiary/aromatic N) is 1. The average molecular weight is 193 g/mol. The fraction of sp³-hybridized carbons (Fsp3) is 0.364. The predicted octanol–water partition coefficient (Wildman–Crippen LogP) is 2.10. The SMILES string of the molecule is CCN(CC)OC(=O)c1ccccc1. The van der Waals surface area contributed by atoms with Gasteiger partial charge >= 0.3 is 5.97 Å². The van der Waals surface area contributed by atoms with Gasteiger partial charge in [-0.3, -0.25) is 0 Å². The Labute approximate surface area is 84.2 Å². The third-order valence-corrected chi connectivity index (χ3v) is 1.93. The van der Waals surface area contributed by atoms with E-state index in [0.717, 1.165) is 0 Å². The lowest BCUT2D eigenvalue weighted by Gasteiger charge is -2.16. The van der Waals surface area contributed by atoms with Gasteiger partial charge in [0, 0.05) is 13.1 Å². The van der Waals surface area contributed by atoms with Crippen molar-refractivity contribution in [2.75, 3.05) is 13.1 Å². The normalized spacial score (nSPS) is 10.2. The van der Waals surface area contributed by atoms with Gasteiger partial charge in [-0.2, -0.15) is 0 Å². The number of carbonyl (C=O) groups excluding carboxylic acids is 1. The van der Waals surface area contributed by atoms with E-state index >= 15 is 0 Å². The molecule has 0 aromatic heterocycles. The van der Waals surface area contributed by atoms with Crippen LogP contribution in [0.5, 0.6) is 0 Å². The van der Waals surface area contributed by atoms with E-state index in [4.69, 9.17) is 4.84 Å². The van der Waals surface area contributed by atoms with E-state index in [1.165, 1.54) is 0 Å². The number of hydrogen-bond acceptors (Lipinski definition) is 3. The predicted molar refractivity (Wildman–Crippen MR) is 54.8 cm³/mol. The van der Waals surface area contributed by atoms with Crippen molar-refractivity contribution in [1.82, 2.24) is 5.06 Å². The summed E-state index contributed by atoms with van der Waals surface area (Å²) < 4.78 is 0. The van der Waals surface area contributed by atoms with Crippen molar-refractivity contribution in [3.05, 3.63) is 35.9 Å². The van der Waals surface area contributed by atoms with E-state index in [2.05, 4.69) is 0 Å². The highest BCUT2D eigenvalue weighted by Crippen LogP contribution is 2.02. The largest absolute Gasteiger partial charge is 0.364 e. The van der Waals surface area contributed by atoms with E-state index in [1.807, 2.05) is 32.0 Å². The highest BCUT2D eigenvalue weighted by molar-refractivity contribution is 5.89. The van der Waals surface area contributed by atoms with Crippen molar-refractivity contribution in [3.8, 4) is 0 Å². The summed E-state index contributed by atoms with van der Waals surface area (Å²) in [6, 6.07) is 8.99. The summed E-state index contributed by atoms with van der Waals surface area (Å²) in [6.07, 6.45) is 0. The lowest BCUT2D eigenvalue weighted by molar-refractivity contribution is -0.103. The van der Waals surface area contributed by atoms with Crippen molar-refractivity contribution in [2.24, 2.45) is 0 Å². The molecule has 0 aliphatic rings. The van der Waals surface area contributed by atoms with Gasteiger partial charge in [0.2, 0.25) is 0 Å². The zero-order valence-electron chi connectivity index (χ0n) is 8.56. The second kappa shape index (κ2) is 5.40. The van der Waals surface area contributed by atoms with Crippen molar-refractivity contribution in [1.29, 1.82) is 0 Å². The maximum absolute atomic E-state index is 11.5. The minimum absolute atomic E-state index is 0.297. The van der Waals surface area contributed by atoms with Gasteiger partial charge in [0.1, 0.15) is 0 Å². The third kappa shape index (κ3) is 2.85. The minimum atomic E-state index is -0.297. The van der Waals surface area contributed by atoms with E-state index in [-0.39, 0.29) is 5.97 Å². The summed E-state index contributed by atoms with van der Waals surface area (Å²) in [5.74, 6) is -0.297. The Balaban J connectivity index is 2.59. The lowest BCUT2D eigenvalue weighted by Crippen LogP contribution is -2.26. The van der Waals surface area contributed by atoms with Crippen LogP contribution in [0.25, 0.3) is 0 Å². The highest BCUT2D eigenvalue weighted by atomic mass is 16.7. The van der Waals surface area contributed by atoms with E-state index in [1.54, 1.807) is 17.2 Å². The van der Waals surface area contributed by atoms with Gasteiger partial charge in [0.15, 0.2) is 0 Å². The van der Waals surface area contributed by atoms with Crippen LogP contribution >= 0.6 is 0 Å². The average Bonchev–Trinajstić information content (AvgIpc) is 2.26. The molecule has 0 spiro atoms. The Morgan fingerprint density at radius 3 is 2.29 bits per heavy atom. The fourth-order valence-electron chi connectivity index (χ4n) is 1.10. The van der Waals surface area contributed by atoms with Crippen molar-refractivity contribution in [2.45, 2.75) is 13.8 Å². The molecule has 0 N–H and O–H groups in total. The Kier molecular flexibility index (Phi) is 4.13. The molecule has 0 radical (unpaired) electrons. The molecule has 3 nitrogen and oxygen atoms in total. The molecule has 14 heavy (non-hydrogen) atoms. The Bertz CT molecular complexity index is 281. The number of rotatable bonds is 4. The third-order valence-electron chi connectivity index (χ3n) is 1.93. The molecule has 0 bridgehead atoms. The van der Waals surface area contributed by atoms with Crippen molar-refractivity contribution in [3.63, 3.8) is 0 Å². The Morgan fingerprint density at radius 2 is 1.79 bits per heavy atom. The molecule has 0 atom stereocenters. The molecule has 0 saturated heterocycles. The number of carbonyl (C=O) groups is 1. The molecule has 0 heterocycles. The molecule has 0 saturated carbocycles. The second-order valence-electron chi connectivity index (χ2n) is 2.86. The number of benzene rings is 1. The summed E-state index contributed by atoms with van der Waals surface area (Å²) in [4.78, 5) is 16.6. The topological polar surface area (TPSA) is 29.5 Å². The van der Waals surface area contributed by atoms with Crippen LogP contribution in [0.15, 0.2) is 30.3 Å². The molecule has 0 fully saturated rings. The zero-order valence-corrected chi connectivity index (χ0v) is 8.56. The molecule has 1 rings (SSSR count). The summed E-state index contributed by atoms with van der Waals surface area (Å²) >= 11 is 0. The minimum Gasteiger partial charge on any atom is -0.364 e. The van der Waals surface area contributed by atoms with Gasteiger partial charge in [-0.25, -0.2) is 4.79 Å². The maximum Gasteiger partial charge on any atom is 0.357 e. The summed E-state index contributed by atoms with van der Waals surface area (Å²) in [5, 5.41) is 1.62. The van der Waals surface area contributed by atoms with Crippen LogP contribution in [-0.2, 0) is 4.84 Å². The summed E-state index contributed by atoms with van der Waals surface area (Å²) in [6.45, 7) is 5.30. The first-order valence-electron chi connectivity index (χ1n) is 4.80. The van der Waals surface area contributed by atoms with E-state index in [9.17, 15) is 4.79 Å². The van der Waals surface area contributed by atoms with Crippen LogP contribution in [0.4, 0.5) is 0 Å². The first kappa shape index (κ1) is 10.7. The molecular weight excluding hydrogens is 178 g/mol. The van der Waals surface area contributed by atoms with Crippen LogP contribution in [-0.4, -0.2) is 24.1 Å². The lowest BCUT2D eigenvalue weighted by atomic mass is 10.2. The molecule has 0 unspecified atom stereocenters. The smallest absolute Gasteiger partial charge is 0.357 e. The first-order chi connectivity index (χ1) is 6.77. The molecule has 1 aromatic carbocycles. The second-order valence-corrected chi connectivity index (χ2v) is 2.86. The quantitative estimate of drug-likeness (QED) is 0.686. The van der Waals surface area contributed by atoms with Gasteiger partial charge in [0.25, 0.3) is 0 Å². The van der Waals surface area contributed by atoms with Crippen molar-refractivity contribution < 1.29 is 9.63 Å². The number of hydroxylamine groups is 2. The van der Waals surface area contributed by atoms with Gasteiger partial charge in [-0.1, -0.05) is 18.2 Å². The molecular formula is C11H15NO2. The molecule has 0 amide bonds. The molecule has 0 aliphatic carbocycles. The molecule has 0 aliphatic heterocycles. The zero-order chi connectivity index (χ0) is 10.4. The van der Waals surface area contributed by atoms with Crippen LogP contribution < -0.4 is 0 Å². The highest BCUT2D eigenvalue weighted by Gasteiger charge is 2.09. The van der Waals surface area contributed by atoms with Gasteiger partial charge in [-0.15, -0.1) is 5.06 Å². The van der Waals surface area contributed by atoms with Crippen LogP contribution in [0.2, 0.25) is 0 Å². The van der Waals surface area contributed by atoms with E-state index < -0.39 is 0 Å². The summed E-state index contributed by atoms with van der Waals surface area (Å²) in [7, 11) is 0. The molecule has 1 aromatic rings. The number of hydrogen-bond donors (Lipinski definition) is 0. The van der Waals surface area contributed by atoms with Crippen LogP contribution in [0.3, 0.4) is 0 Å². The summed E-state index contributed by atoms with van der Waals surface area (Å²) in [5.41, 5.74) is 0.583. The molecule has 3 heteroatoms.